The highest BCUT2D eigenvalue weighted by Crippen LogP contribution is 2.32. The summed E-state index contributed by atoms with van der Waals surface area (Å²) in [6.45, 7) is 6.91. The molecule has 0 aromatic heterocycles. The molecule has 0 spiro atoms. The zero-order valence-electron chi connectivity index (χ0n) is 15.6. The fraction of sp³-hybridized carbons (Fsp3) is 0.650. The molecule has 25 heavy (non-hydrogen) atoms. The van der Waals surface area contributed by atoms with Crippen molar-refractivity contribution < 1.29 is 14.6 Å². The first-order chi connectivity index (χ1) is 12.0. The van der Waals surface area contributed by atoms with Crippen LogP contribution in [-0.2, 0) is 11.2 Å². The molecule has 1 unspecified atom stereocenters. The highest BCUT2D eigenvalue weighted by atomic mass is 16.5. The lowest BCUT2D eigenvalue weighted by atomic mass is 10.0. The zero-order chi connectivity index (χ0) is 18.0. The number of aryl methyl sites for hydroxylation is 2. The third-order valence-electron chi connectivity index (χ3n) is 5.70. The van der Waals surface area contributed by atoms with Crippen molar-refractivity contribution in [1.82, 2.24) is 9.80 Å². The molecule has 1 N–H and O–H groups in total. The number of carbonyl (C=O) groups excluding carboxylic acids is 1. The number of likely N-dealkylation sites (tertiary alicyclic amines) is 1. The van der Waals surface area contributed by atoms with Crippen molar-refractivity contribution in [2.45, 2.75) is 51.7 Å². The second-order valence-corrected chi connectivity index (χ2v) is 7.47. The van der Waals surface area contributed by atoms with Crippen LogP contribution in [0, 0.1) is 13.8 Å². The zero-order valence-corrected chi connectivity index (χ0v) is 15.6. The quantitative estimate of drug-likeness (QED) is 0.885. The van der Waals surface area contributed by atoms with Crippen LogP contribution >= 0.6 is 0 Å². The van der Waals surface area contributed by atoms with Gasteiger partial charge in [-0.1, -0.05) is 6.07 Å². The summed E-state index contributed by atoms with van der Waals surface area (Å²) in [4.78, 5) is 17.1. The lowest BCUT2D eigenvalue weighted by Crippen LogP contribution is -2.49. The van der Waals surface area contributed by atoms with Gasteiger partial charge in [-0.05, 0) is 62.9 Å². The molecule has 0 bridgehead atoms. The largest absolute Gasteiger partial charge is 0.480 e. The van der Waals surface area contributed by atoms with Crippen LogP contribution in [0.15, 0.2) is 12.1 Å². The fourth-order valence-corrected chi connectivity index (χ4v) is 3.88. The molecule has 1 aromatic carbocycles. The van der Waals surface area contributed by atoms with E-state index in [1.165, 1.54) is 11.1 Å². The molecule has 1 amide bonds. The van der Waals surface area contributed by atoms with Gasteiger partial charge in [0.15, 0.2) is 6.10 Å². The molecule has 138 valence electrons. The first-order valence-electron chi connectivity index (χ1n) is 9.36. The van der Waals surface area contributed by atoms with Crippen molar-refractivity contribution in [3.05, 3.63) is 28.8 Å². The van der Waals surface area contributed by atoms with Crippen molar-refractivity contribution in [1.29, 1.82) is 0 Å². The summed E-state index contributed by atoms with van der Waals surface area (Å²) >= 11 is 0. The normalized spacial score (nSPS) is 20.7. The maximum Gasteiger partial charge on any atom is 0.263 e. The topological polar surface area (TPSA) is 53.0 Å². The maximum atomic E-state index is 12.8. The van der Waals surface area contributed by atoms with Gasteiger partial charge in [0, 0.05) is 38.7 Å². The fourth-order valence-electron chi connectivity index (χ4n) is 3.88. The Morgan fingerprint density at radius 1 is 1.28 bits per heavy atom. The Bertz CT molecular complexity index is 593. The summed E-state index contributed by atoms with van der Waals surface area (Å²) in [5.41, 5.74) is 3.61. The average molecular weight is 346 g/mol. The van der Waals surface area contributed by atoms with Crippen molar-refractivity contribution in [3.63, 3.8) is 0 Å². The van der Waals surface area contributed by atoms with E-state index in [1.807, 2.05) is 4.90 Å². The molecule has 1 aromatic rings. The molecule has 3 rings (SSSR count). The highest BCUT2D eigenvalue weighted by molar-refractivity contribution is 5.82. The van der Waals surface area contributed by atoms with Gasteiger partial charge in [0.2, 0.25) is 0 Å². The molecule has 0 saturated carbocycles. The summed E-state index contributed by atoms with van der Waals surface area (Å²) in [5.74, 6) is 1.00. The lowest BCUT2D eigenvalue weighted by molar-refractivity contribution is -0.139. The van der Waals surface area contributed by atoms with Gasteiger partial charge in [0.25, 0.3) is 5.91 Å². The van der Waals surface area contributed by atoms with Crippen LogP contribution in [0.1, 0.15) is 36.0 Å². The van der Waals surface area contributed by atoms with Crippen LogP contribution in [0.2, 0.25) is 0 Å². The summed E-state index contributed by atoms with van der Waals surface area (Å²) in [6, 6.07) is 4.71. The predicted molar refractivity (Wildman–Crippen MR) is 98.0 cm³/mol. The number of benzene rings is 1. The van der Waals surface area contributed by atoms with E-state index in [0.29, 0.717) is 12.5 Å². The second kappa shape index (κ2) is 7.75. The first kappa shape index (κ1) is 18.2. The minimum absolute atomic E-state index is 0.128. The molecular weight excluding hydrogens is 316 g/mol. The van der Waals surface area contributed by atoms with Gasteiger partial charge in [0.1, 0.15) is 5.75 Å². The number of rotatable bonds is 5. The molecule has 1 atom stereocenters. The van der Waals surface area contributed by atoms with Gasteiger partial charge in [-0.25, -0.2) is 0 Å². The van der Waals surface area contributed by atoms with Crippen LogP contribution < -0.4 is 4.74 Å². The monoisotopic (exact) mass is 346 g/mol. The SMILES string of the molecule is Cc1cc2c(cc1C)OC(C(=O)N1CCC(N(C)CCCO)CC1)C2. The minimum atomic E-state index is -0.361. The van der Waals surface area contributed by atoms with E-state index in [4.69, 9.17) is 9.84 Å². The Hall–Kier alpha value is -1.59. The van der Waals surface area contributed by atoms with E-state index < -0.39 is 0 Å². The van der Waals surface area contributed by atoms with E-state index >= 15 is 0 Å². The van der Waals surface area contributed by atoms with E-state index in [9.17, 15) is 4.79 Å². The number of hydrogen-bond acceptors (Lipinski definition) is 4. The molecular formula is C20H30N2O3. The Kier molecular flexibility index (Phi) is 5.64. The minimum Gasteiger partial charge on any atom is -0.480 e. The van der Waals surface area contributed by atoms with E-state index in [-0.39, 0.29) is 18.6 Å². The van der Waals surface area contributed by atoms with Crippen molar-refractivity contribution in [2.24, 2.45) is 0 Å². The number of nitrogens with zero attached hydrogens (tertiary/aromatic N) is 2. The van der Waals surface area contributed by atoms with Gasteiger partial charge >= 0.3 is 0 Å². The summed E-state index contributed by atoms with van der Waals surface area (Å²) in [6.07, 6.45) is 3.12. The third kappa shape index (κ3) is 3.98. The molecule has 5 nitrogen and oxygen atoms in total. The molecule has 1 fully saturated rings. The van der Waals surface area contributed by atoms with Crippen molar-refractivity contribution >= 4 is 5.91 Å². The number of hydrogen-bond donors (Lipinski definition) is 1. The smallest absolute Gasteiger partial charge is 0.263 e. The number of piperidine rings is 1. The Balaban J connectivity index is 1.54. The molecule has 2 aliphatic rings. The summed E-state index contributed by atoms with van der Waals surface area (Å²) in [5, 5.41) is 8.96. The lowest BCUT2D eigenvalue weighted by Gasteiger charge is -2.37. The van der Waals surface area contributed by atoms with Crippen molar-refractivity contribution in [3.8, 4) is 5.75 Å². The van der Waals surface area contributed by atoms with Crippen LogP contribution in [0.3, 0.4) is 0 Å². The van der Waals surface area contributed by atoms with E-state index in [1.54, 1.807) is 0 Å². The predicted octanol–water partition coefficient (Wildman–Crippen LogP) is 1.91. The third-order valence-corrected chi connectivity index (χ3v) is 5.70. The van der Waals surface area contributed by atoms with Gasteiger partial charge in [-0.3, -0.25) is 4.79 Å². The standard InChI is InChI=1S/C20H30N2O3/c1-14-11-16-13-19(25-18(16)12-15(14)2)20(24)22-8-5-17(6-9-22)21(3)7-4-10-23/h11-12,17,19,23H,4-10,13H2,1-3H3. The van der Waals surface area contributed by atoms with Crippen LogP contribution in [0.5, 0.6) is 5.75 Å². The number of ether oxygens (including phenoxy) is 1. The molecule has 0 radical (unpaired) electrons. The highest BCUT2D eigenvalue weighted by Gasteiger charge is 2.34. The molecule has 0 aliphatic carbocycles. The molecule has 2 heterocycles. The van der Waals surface area contributed by atoms with Crippen LogP contribution in [-0.4, -0.2) is 66.2 Å². The molecule has 5 heteroatoms. The number of carbonyl (C=O) groups is 1. The second-order valence-electron chi connectivity index (χ2n) is 7.47. The number of aliphatic hydroxyl groups is 1. The van der Waals surface area contributed by atoms with Crippen LogP contribution in [0.25, 0.3) is 0 Å². The Morgan fingerprint density at radius 3 is 2.64 bits per heavy atom. The van der Waals surface area contributed by atoms with E-state index in [2.05, 4.69) is 37.9 Å². The van der Waals surface area contributed by atoms with Gasteiger partial charge in [0.05, 0.1) is 0 Å². The molecule has 2 aliphatic heterocycles. The molecule has 1 saturated heterocycles. The average Bonchev–Trinajstić information content (AvgIpc) is 3.02. The van der Waals surface area contributed by atoms with Crippen molar-refractivity contribution in [2.75, 3.05) is 33.3 Å². The first-order valence-corrected chi connectivity index (χ1v) is 9.36. The number of fused-ring (bicyclic) bond motifs is 1. The Labute approximate surface area is 150 Å². The van der Waals surface area contributed by atoms with E-state index in [0.717, 1.165) is 50.2 Å². The van der Waals surface area contributed by atoms with Gasteiger partial charge < -0.3 is 19.6 Å². The van der Waals surface area contributed by atoms with Gasteiger partial charge in [-0.15, -0.1) is 0 Å². The number of aliphatic hydroxyl groups excluding tert-OH is 1. The maximum absolute atomic E-state index is 12.8. The van der Waals surface area contributed by atoms with Gasteiger partial charge in [-0.2, -0.15) is 0 Å². The summed E-state index contributed by atoms with van der Waals surface area (Å²) < 4.78 is 5.96. The Morgan fingerprint density at radius 2 is 1.96 bits per heavy atom. The number of amides is 1. The summed E-state index contributed by atoms with van der Waals surface area (Å²) in [7, 11) is 2.11. The van der Waals surface area contributed by atoms with Crippen LogP contribution in [0.4, 0.5) is 0 Å².